The van der Waals surface area contributed by atoms with Crippen LogP contribution in [0.2, 0.25) is 0 Å². The van der Waals surface area contributed by atoms with Crippen LogP contribution in [0.4, 0.5) is 0 Å². The number of rotatable bonds is 1. The fourth-order valence-electron chi connectivity index (χ4n) is 9.48. The molecule has 2 atom stereocenters. The molecule has 2 aromatic rings. The Morgan fingerprint density at radius 1 is 0.613 bits per heavy atom. The minimum atomic E-state index is -0.213. The molecule has 0 N–H and O–H groups in total. The minimum Gasteiger partial charge on any atom is -0.276 e. The molecule has 0 radical (unpaired) electrons. The summed E-state index contributed by atoms with van der Waals surface area (Å²) in [4.78, 5) is 30.2. The Bertz CT molecular complexity index is 1010. The van der Waals surface area contributed by atoms with Crippen LogP contribution in [-0.2, 0) is 9.59 Å². The van der Waals surface area contributed by atoms with E-state index in [2.05, 4.69) is 48.5 Å². The number of hydrogen-bond acceptors (Lipinski definition) is 2. The number of amides is 2. The Kier molecular flexibility index (Phi) is 3.04. The summed E-state index contributed by atoms with van der Waals surface area (Å²) in [6.45, 7) is 0. The van der Waals surface area contributed by atoms with Crippen molar-refractivity contribution >= 4 is 11.8 Å². The highest BCUT2D eigenvalue weighted by atomic mass is 16.2. The summed E-state index contributed by atoms with van der Waals surface area (Å²) in [7, 11) is 0. The van der Waals surface area contributed by atoms with Gasteiger partial charge in [-0.05, 0) is 78.5 Å². The van der Waals surface area contributed by atoms with Crippen molar-refractivity contribution in [1.82, 2.24) is 4.90 Å². The first-order chi connectivity index (χ1) is 15.1. The van der Waals surface area contributed by atoms with Gasteiger partial charge in [-0.3, -0.25) is 14.5 Å². The van der Waals surface area contributed by atoms with Gasteiger partial charge in [-0.25, -0.2) is 0 Å². The lowest BCUT2D eigenvalue weighted by atomic mass is 9.52. The van der Waals surface area contributed by atoms with Crippen LogP contribution < -0.4 is 0 Å². The molecular formula is C28H27NO2. The molecule has 4 saturated carbocycles. The first-order valence-electron chi connectivity index (χ1n) is 12.2. The van der Waals surface area contributed by atoms with E-state index < -0.39 is 0 Å². The summed E-state index contributed by atoms with van der Waals surface area (Å²) in [5.74, 6) is 2.09. The zero-order chi connectivity index (χ0) is 20.5. The molecule has 0 spiro atoms. The highest BCUT2D eigenvalue weighted by Crippen LogP contribution is 2.64. The average Bonchev–Trinajstić information content (AvgIpc) is 3.04. The molecule has 10 rings (SSSR count). The first-order valence-corrected chi connectivity index (χ1v) is 12.2. The number of likely N-dealkylation sites (tertiary alicyclic amines) is 1. The summed E-state index contributed by atoms with van der Waals surface area (Å²) >= 11 is 0. The van der Waals surface area contributed by atoms with E-state index in [0.29, 0.717) is 0 Å². The highest BCUT2D eigenvalue weighted by Gasteiger charge is 2.66. The first kappa shape index (κ1) is 17.2. The predicted octanol–water partition coefficient (Wildman–Crippen LogP) is 4.85. The molecule has 0 unspecified atom stereocenters. The topological polar surface area (TPSA) is 37.4 Å². The zero-order valence-corrected chi connectivity index (χ0v) is 17.7. The van der Waals surface area contributed by atoms with Crippen LogP contribution in [0.3, 0.4) is 0 Å². The molecule has 2 aromatic carbocycles. The fraction of sp³-hybridized carbons (Fsp3) is 0.500. The largest absolute Gasteiger partial charge is 0.276 e. The molecule has 7 aliphatic carbocycles. The van der Waals surface area contributed by atoms with Crippen LogP contribution >= 0.6 is 0 Å². The van der Waals surface area contributed by atoms with E-state index in [1.807, 2.05) is 4.90 Å². The Morgan fingerprint density at radius 3 is 1.32 bits per heavy atom. The second-order valence-electron chi connectivity index (χ2n) is 11.4. The SMILES string of the molecule is O=C1[C@H]2C3c4ccccc4C(c4ccccc43)[C@@H]2C(=O)N1C12CC3CC(CC(C3)C1)C2. The molecule has 0 aromatic heterocycles. The van der Waals surface area contributed by atoms with Crippen molar-refractivity contribution < 1.29 is 9.59 Å². The van der Waals surface area contributed by atoms with Crippen LogP contribution in [0.25, 0.3) is 0 Å². The van der Waals surface area contributed by atoms with E-state index in [0.717, 1.165) is 37.0 Å². The van der Waals surface area contributed by atoms with Crippen molar-refractivity contribution in [3.8, 4) is 0 Å². The minimum absolute atomic E-state index is 0.0257. The standard InChI is InChI=1S/C28H27NO2/c30-26-24-22-18-5-1-2-6-19(18)23(21-8-4-3-7-20(21)22)25(24)27(31)29(26)28-12-15-9-16(13-28)11-17(10-15)14-28/h1-8,15-17,22-25H,9-14H2/t15?,16?,17?,22?,23?,24-,25-,28?/m0/s1. The number of hydrogen-bond donors (Lipinski definition) is 0. The molecule has 5 fully saturated rings. The molecule has 6 bridgehead atoms. The van der Waals surface area contributed by atoms with Crippen molar-refractivity contribution in [1.29, 1.82) is 0 Å². The fourth-order valence-corrected chi connectivity index (χ4v) is 9.48. The lowest BCUT2D eigenvalue weighted by Gasteiger charge is -2.59. The quantitative estimate of drug-likeness (QED) is 0.632. The van der Waals surface area contributed by atoms with Gasteiger partial charge in [0.1, 0.15) is 0 Å². The highest BCUT2D eigenvalue weighted by molar-refractivity contribution is 6.08. The zero-order valence-electron chi connectivity index (χ0n) is 17.7. The molecule has 2 amide bonds. The molecule has 3 heteroatoms. The third kappa shape index (κ3) is 1.93. The van der Waals surface area contributed by atoms with E-state index in [1.165, 1.54) is 41.5 Å². The third-order valence-electron chi connectivity index (χ3n) is 9.93. The summed E-state index contributed by atoms with van der Waals surface area (Å²) in [5.41, 5.74) is 4.93. The summed E-state index contributed by atoms with van der Waals surface area (Å²) in [6.07, 6.45) is 7.15. The second kappa shape index (κ2) is 5.49. The molecule has 3 nitrogen and oxygen atoms in total. The van der Waals surface area contributed by atoms with E-state index in [1.54, 1.807) is 0 Å². The lowest BCUT2D eigenvalue weighted by molar-refractivity contribution is -0.159. The van der Waals surface area contributed by atoms with Gasteiger partial charge in [0.15, 0.2) is 0 Å². The average molecular weight is 410 g/mol. The van der Waals surface area contributed by atoms with Gasteiger partial charge in [0.2, 0.25) is 11.8 Å². The van der Waals surface area contributed by atoms with Gasteiger partial charge in [-0.2, -0.15) is 0 Å². The Balaban J connectivity index is 1.30. The Morgan fingerprint density at radius 2 is 0.968 bits per heavy atom. The van der Waals surface area contributed by atoms with Crippen molar-refractivity contribution in [2.75, 3.05) is 0 Å². The van der Waals surface area contributed by atoms with Gasteiger partial charge in [-0.15, -0.1) is 0 Å². The predicted molar refractivity (Wildman–Crippen MR) is 116 cm³/mol. The second-order valence-corrected chi connectivity index (χ2v) is 11.4. The Hall–Kier alpha value is -2.42. The van der Waals surface area contributed by atoms with E-state index >= 15 is 0 Å². The van der Waals surface area contributed by atoms with E-state index in [4.69, 9.17) is 0 Å². The number of carbonyl (C=O) groups is 2. The van der Waals surface area contributed by atoms with Gasteiger partial charge in [0.25, 0.3) is 0 Å². The maximum atomic E-state index is 14.2. The maximum absolute atomic E-state index is 14.2. The summed E-state index contributed by atoms with van der Waals surface area (Å²) in [5, 5.41) is 0. The van der Waals surface area contributed by atoms with Crippen molar-refractivity contribution in [3.63, 3.8) is 0 Å². The normalized spacial score (nSPS) is 43.2. The van der Waals surface area contributed by atoms with Crippen molar-refractivity contribution in [2.45, 2.75) is 55.9 Å². The van der Waals surface area contributed by atoms with Crippen LogP contribution in [-0.4, -0.2) is 22.3 Å². The van der Waals surface area contributed by atoms with Crippen molar-refractivity contribution in [2.24, 2.45) is 29.6 Å². The maximum Gasteiger partial charge on any atom is 0.234 e. The Labute approximate surface area is 182 Å². The molecule has 8 aliphatic rings. The molecule has 1 aliphatic heterocycles. The monoisotopic (exact) mass is 409 g/mol. The molecule has 1 heterocycles. The van der Waals surface area contributed by atoms with Crippen LogP contribution in [0.5, 0.6) is 0 Å². The van der Waals surface area contributed by atoms with E-state index in [-0.39, 0.29) is 41.0 Å². The van der Waals surface area contributed by atoms with Crippen molar-refractivity contribution in [3.05, 3.63) is 70.8 Å². The van der Waals surface area contributed by atoms with Gasteiger partial charge >= 0.3 is 0 Å². The van der Waals surface area contributed by atoms with Gasteiger partial charge in [0, 0.05) is 11.8 Å². The number of imide groups is 1. The molecule has 1 saturated heterocycles. The summed E-state index contributed by atoms with van der Waals surface area (Å²) in [6, 6.07) is 17.2. The molecular weight excluding hydrogens is 382 g/mol. The smallest absolute Gasteiger partial charge is 0.234 e. The van der Waals surface area contributed by atoms with Crippen LogP contribution in [0.15, 0.2) is 48.5 Å². The third-order valence-corrected chi connectivity index (χ3v) is 9.93. The molecule has 31 heavy (non-hydrogen) atoms. The lowest BCUT2D eigenvalue weighted by Crippen LogP contribution is -2.61. The number of nitrogens with zero attached hydrogens (tertiary/aromatic N) is 1. The summed E-state index contributed by atoms with van der Waals surface area (Å²) < 4.78 is 0. The van der Waals surface area contributed by atoms with Gasteiger partial charge < -0.3 is 0 Å². The van der Waals surface area contributed by atoms with E-state index in [9.17, 15) is 9.59 Å². The number of carbonyl (C=O) groups excluding carboxylic acids is 2. The van der Waals surface area contributed by atoms with Crippen LogP contribution in [0, 0.1) is 29.6 Å². The molecule has 156 valence electrons. The number of benzene rings is 2. The van der Waals surface area contributed by atoms with Crippen LogP contribution in [0.1, 0.15) is 72.6 Å². The van der Waals surface area contributed by atoms with Gasteiger partial charge in [0.05, 0.1) is 17.4 Å². The van der Waals surface area contributed by atoms with Gasteiger partial charge in [-0.1, -0.05) is 48.5 Å².